The molecule has 0 aliphatic rings. The van der Waals surface area contributed by atoms with Gasteiger partial charge in [0.1, 0.15) is 0 Å². The predicted octanol–water partition coefficient (Wildman–Crippen LogP) is 3.61. The molecule has 0 aliphatic carbocycles. The normalized spacial score (nSPS) is 13.9. The standard InChI is InChI=1S/C18H37NO4/c1-4-5-6-7-8-9-10-11-12-22-15-17(3)23-14-16(2)19-13-18(20)21/h16-17,19H,4-15H2,1-3H3,(H,20,21). The van der Waals surface area contributed by atoms with Crippen molar-refractivity contribution in [1.82, 2.24) is 5.32 Å². The summed E-state index contributed by atoms with van der Waals surface area (Å²) in [7, 11) is 0. The molecule has 23 heavy (non-hydrogen) atoms. The number of hydrogen-bond donors (Lipinski definition) is 2. The van der Waals surface area contributed by atoms with Crippen molar-refractivity contribution in [2.24, 2.45) is 0 Å². The van der Waals surface area contributed by atoms with E-state index in [4.69, 9.17) is 14.6 Å². The third kappa shape index (κ3) is 17.5. The smallest absolute Gasteiger partial charge is 0.317 e. The number of aliphatic carboxylic acids is 1. The molecule has 0 bridgehead atoms. The van der Waals surface area contributed by atoms with E-state index >= 15 is 0 Å². The molecule has 0 aromatic heterocycles. The van der Waals surface area contributed by atoms with Gasteiger partial charge in [-0.05, 0) is 20.3 Å². The second-order valence-electron chi connectivity index (χ2n) is 6.37. The topological polar surface area (TPSA) is 67.8 Å². The Hall–Kier alpha value is -0.650. The summed E-state index contributed by atoms with van der Waals surface area (Å²) in [5, 5.41) is 11.5. The van der Waals surface area contributed by atoms with Crippen LogP contribution in [0, 0.1) is 0 Å². The number of carboxylic acids is 1. The first-order chi connectivity index (χ1) is 11.1. The molecular formula is C18H37NO4. The third-order valence-electron chi connectivity index (χ3n) is 3.73. The van der Waals surface area contributed by atoms with E-state index in [0.717, 1.165) is 13.0 Å². The van der Waals surface area contributed by atoms with Gasteiger partial charge in [-0.15, -0.1) is 0 Å². The summed E-state index contributed by atoms with van der Waals surface area (Å²) in [6.45, 7) is 8.00. The zero-order valence-corrected chi connectivity index (χ0v) is 15.3. The minimum absolute atomic E-state index is 0.0289. The highest BCUT2D eigenvalue weighted by atomic mass is 16.5. The van der Waals surface area contributed by atoms with Gasteiger partial charge in [-0.2, -0.15) is 0 Å². The molecule has 0 heterocycles. The van der Waals surface area contributed by atoms with Crippen molar-refractivity contribution in [2.75, 3.05) is 26.4 Å². The molecule has 0 rings (SSSR count). The van der Waals surface area contributed by atoms with Crippen LogP contribution in [-0.4, -0.2) is 49.6 Å². The van der Waals surface area contributed by atoms with Crippen LogP contribution in [0.3, 0.4) is 0 Å². The fourth-order valence-corrected chi connectivity index (χ4v) is 2.26. The fourth-order valence-electron chi connectivity index (χ4n) is 2.26. The van der Waals surface area contributed by atoms with Crippen molar-refractivity contribution < 1.29 is 19.4 Å². The Balaban J connectivity index is 3.30. The van der Waals surface area contributed by atoms with Crippen molar-refractivity contribution in [3.05, 3.63) is 0 Å². The van der Waals surface area contributed by atoms with Crippen LogP contribution in [0.15, 0.2) is 0 Å². The summed E-state index contributed by atoms with van der Waals surface area (Å²) in [6.07, 6.45) is 10.5. The number of ether oxygens (including phenoxy) is 2. The van der Waals surface area contributed by atoms with Crippen molar-refractivity contribution >= 4 is 5.97 Å². The molecule has 0 aliphatic heterocycles. The van der Waals surface area contributed by atoms with Gasteiger partial charge in [0.15, 0.2) is 0 Å². The van der Waals surface area contributed by atoms with E-state index < -0.39 is 5.97 Å². The maximum atomic E-state index is 10.4. The van der Waals surface area contributed by atoms with Gasteiger partial charge in [-0.3, -0.25) is 4.79 Å². The summed E-state index contributed by atoms with van der Waals surface area (Å²) in [5.74, 6) is -0.849. The molecular weight excluding hydrogens is 294 g/mol. The fraction of sp³-hybridized carbons (Fsp3) is 0.944. The van der Waals surface area contributed by atoms with Crippen LogP contribution in [-0.2, 0) is 14.3 Å². The van der Waals surface area contributed by atoms with Gasteiger partial charge in [0.25, 0.3) is 0 Å². The molecule has 2 unspecified atom stereocenters. The molecule has 138 valence electrons. The Morgan fingerprint density at radius 3 is 2.22 bits per heavy atom. The van der Waals surface area contributed by atoms with E-state index in [1.807, 2.05) is 13.8 Å². The van der Waals surface area contributed by atoms with Gasteiger partial charge >= 0.3 is 5.97 Å². The van der Waals surface area contributed by atoms with Gasteiger partial charge in [-0.25, -0.2) is 0 Å². The molecule has 5 nitrogen and oxygen atoms in total. The highest BCUT2D eigenvalue weighted by molar-refractivity contribution is 5.69. The van der Waals surface area contributed by atoms with E-state index in [1.165, 1.54) is 44.9 Å². The summed E-state index contributed by atoms with van der Waals surface area (Å²) in [5.41, 5.74) is 0. The Kier molecular flexibility index (Phi) is 15.8. The Labute approximate surface area is 142 Å². The summed E-state index contributed by atoms with van der Waals surface area (Å²) in [4.78, 5) is 10.4. The molecule has 0 saturated carbocycles. The van der Waals surface area contributed by atoms with Gasteiger partial charge < -0.3 is 19.9 Å². The molecule has 2 atom stereocenters. The lowest BCUT2D eigenvalue weighted by atomic mass is 10.1. The maximum absolute atomic E-state index is 10.4. The lowest BCUT2D eigenvalue weighted by Crippen LogP contribution is -2.36. The minimum Gasteiger partial charge on any atom is -0.480 e. The maximum Gasteiger partial charge on any atom is 0.317 e. The minimum atomic E-state index is -0.849. The molecule has 0 radical (unpaired) electrons. The second kappa shape index (κ2) is 16.2. The van der Waals surface area contributed by atoms with Crippen LogP contribution in [0.2, 0.25) is 0 Å². The molecule has 5 heteroatoms. The molecule has 0 saturated heterocycles. The SMILES string of the molecule is CCCCCCCCCCOCC(C)OCC(C)NCC(=O)O. The third-order valence-corrected chi connectivity index (χ3v) is 3.73. The molecule has 0 spiro atoms. The zero-order chi connectivity index (χ0) is 17.3. The quantitative estimate of drug-likeness (QED) is 0.399. The Morgan fingerprint density at radius 1 is 1.00 bits per heavy atom. The highest BCUT2D eigenvalue weighted by Gasteiger charge is 2.07. The Morgan fingerprint density at radius 2 is 1.61 bits per heavy atom. The monoisotopic (exact) mass is 331 g/mol. The zero-order valence-electron chi connectivity index (χ0n) is 15.3. The number of nitrogens with one attached hydrogen (secondary N) is 1. The number of carbonyl (C=O) groups is 1. The largest absolute Gasteiger partial charge is 0.480 e. The molecule has 0 fully saturated rings. The van der Waals surface area contributed by atoms with Crippen molar-refractivity contribution in [2.45, 2.75) is 84.3 Å². The lowest BCUT2D eigenvalue weighted by Gasteiger charge is -2.17. The average Bonchev–Trinajstić information content (AvgIpc) is 2.52. The first-order valence-corrected chi connectivity index (χ1v) is 9.20. The number of carboxylic acid groups (broad SMARTS) is 1. The summed E-state index contributed by atoms with van der Waals surface area (Å²) in [6, 6.07) is 0.0289. The molecule has 0 aromatic rings. The molecule has 0 aromatic carbocycles. The van der Waals surface area contributed by atoms with E-state index in [2.05, 4.69) is 12.2 Å². The van der Waals surface area contributed by atoms with Gasteiger partial charge in [0.05, 0.1) is 25.9 Å². The van der Waals surface area contributed by atoms with E-state index in [9.17, 15) is 4.79 Å². The number of hydrogen-bond acceptors (Lipinski definition) is 4. The average molecular weight is 331 g/mol. The van der Waals surface area contributed by atoms with Crippen LogP contribution in [0.25, 0.3) is 0 Å². The van der Waals surface area contributed by atoms with Crippen LogP contribution in [0.5, 0.6) is 0 Å². The lowest BCUT2D eigenvalue weighted by molar-refractivity contribution is -0.136. The molecule has 2 N–H and O–H groups in total. The van der Waals surface area contributed by atoms with Crippen LogP contribution < -0.4 is 5.32 Å². The first kappa shape index (κ1) is 22.4. The van der Waals surface area contributed by atoms with E-state index in [-0.39, 0.29) is 18.7 Å². The number of rotatable bonds is 17. The Bertz CT molecular complexity index is 274. The van der Waals surface area contributed by atoms with Crippen molar-refractivity contribution in [1.29, 1.82) is 0 Å². The van der Waals surface area contributed by atoms with Crippen molar-refractivity contribution in [3.63, 3.8) is 0 Å². The summed E-state index contributed by atoms with van der Waals surface area (Å²) >= 11 is 0. The van der Waals surface area contributed by atoms with Crippen molar-refractivity contribution in [3.8, 4) is 0 Å². The first-order valence-electron chi connectivity index (χ1n) is 9.20. The summed E-state index contributed by atoms with van der Waals surface area (Å²) < 4.78 is 11.3. The van der Waals surface area contributed by atoms with Gasteiger partial charge in [-0.1, -0.05) is 51.9 Å². The predicted molar refractivity (Wildman–Crippen MR) is 93.9 cm³/mol. The van der Waals surface area contributed by atoms with Crippen LogP contribution in [0.1, 0.15) is 72.1 Å². The van der Waals surface area contributed by atoms with E-state index in [1.54, 1.807) is 0 Å². The second-order valence-corrected chi connectivity index (χ2v) is 6.37. The van der Waals surface area contributed by atoms with Crippen LogP contribution >= 0.6 is 0 Å². The van der Waals surface area contributed by atoms with Gasteiger partial charge in [0, 0.05) is 12.6 Å². The van der Waals surface area contributed by atoms with Gasteiger partial charge in [0.2, 0.25) is 0 Å². The highest BCUT2D eigenvalue weighted by Crippen LogP contribution is 2.08. The van der Waals surface area contributed by atoms with E-state index in [0.29, 0.717) is 13.2 Å². The van der Waals surface area contributed by atoms with Crippen LogP contribution in [0.4, 0.5) is 0 Å². The molecule has 0 amide bonds. The number of unbranched alkanes of at least 4 members (excludes halogenated alkanes) is 7.